The summed E-state index contributed by atoms with van der Waals surface area (Å²) in [5, 5.41) is 1.05. The van der Waals surface area contributed by atoms with E-state index >= 15 is 0 Å². The Bertz CT molecular complexity index is 340. The molecule has 1 aromatic rings. The fourth-order valence-electron chi connectivity index (χ4n) is 0.895. The Morgan fingerprint density at radius 3 is 2.71 bits per heavy atom. The largest absolute Gasteiger partial charge is 0.321 e. The Morgan fingerprint density at radius 1 is 1.50 bits per heavy atom. The Labute approximate surface area is 83.2 Å². The predicted molar refractivity (Wildman–Crippen MR) is 52.8 cm³/mol. The molecule has 3 heteroatoms. The Hall–Kier alpha value is -1.79. The van der Waals surface area contributed by atoms with Crippen LogP contribution < -0.4 is 0 Å². The van der Waals surface area contributed by atoms with E-state index < -0.39 is 5.91 Å². The average molecular weight is 189 g/mol. The average Bonchev–Trinajstić information content (AvgIpc) is 2.26. The monoisotopic (exact) mass is 189 g/mol. The van der Waals surface area contributed by atoms with Crippen molar-refractivity contribution in [1.82, 2.24) is 5.06 Å². The van der Waals surface area contributed by atoms with Gasteiger partial charge in [0.1, 0.15) is 6.61 Å². The van der Waals surface area contributed by atoms with Gasteiger partial charge in [0, 0.05) is 7.05 Å². The summed E-state index contributed by atoms with van der Waals surface area (Å²) in [5.74, 6) is 1.48. The van der Waals surface area contributed by atoms with Crippen molar-refractivity contribution in [3.8, 4) is 12.3 Å². The van der Waals surface area contributed by atoms with E-state index in [0.717, 1.165) is 10.6 Å². The van der Waals surface area contributed by atoms with E-state index in [1.807, 2.05) is 36.3 Å². The highest BCUT2D eigenvalue weighted by atomic mass is 16.7. The van der Waals surface area contributed by atoms with E-state index in [1.165, 1.54) is 7.05 Å². The first-order valence-electron chi connectivity index (χ1n) is 4.15. The lowest BCUT2D eigenvalue weighted by Crippen LogP contribution is -2.25. The zero-order valence-corrected chi connectivity index (χ0v) is 7.93. The first-order valence-corrected chi connectivity index (χ1v) is 4.15. The van der Waals surface area contributed by atoms with Crippen LogP contribution in [0.1, 0.15) is 5.56 Å². The number of terminal acetylenes is 1. The summed E-state index contributed by atoms with van der Waals surface area (Å²) >= 11 is 0. The van der Waals surface area contributed by atoms with Crippen LogP contribution in [-0.4, -0.2) is 18.0 Å². The minimum absolute atomic E-state index is 0.338. The molecule has 0 saturated heterocycles. The highest BCUT2D eigenvalue weighted by molar-refractivity contribution is 5.91. The highest BCUT2D eigenvalue weighted by Gasteiger charge is 2.04. The molecular weight excluding hydrogens is 178 g/mol. The summed E-state index contributed by atoms with van der Waals surface area (Å²) in [6, 6.07) is 9.55. The second-order valence-electron chi connectivity index (χ2n) is 2.71. The van der Waals surface area contributed by atoms with Gasteiger partial charge in [-0.05, 0) is 11.5 Å². The molecule has 0 aliphatic heterocycles. The van der Waals surface area contributed by atoms with Crippen LogP contribution in [0.5, 0.6) is 0 Å². The molecule has 0 heterocycles. The first kappa shape index (κ1) is 10.3. The van der Waals surface area contributed by atoms with Gasteiger partial charge in [-0.2, -0.15) is 0 Å². The van der Waals surface area contributed by atoms with Crippen LogP contribution in [0, 0.1) is 12.3 Å². The Morgan fingerprint density at radius 2 is 2.14 bits per heavy atom. The number of nitrogens with zero attached hydrogens (tertiary/aromatic N) is 1. The molecule has 0 bridgehead atoms. The maximum absolute atomic E-state index is 10.9. The fraction of sp³-hybridized carbons (Fsp3) is 0.182. The lowest BCUT2D eigenvalue weighted by molar-refractivity contribution is -0.175. The summed E-state index contributed by atoms with van der Waals surface area (Å²) in [7, 11) is 1.49. The van der Waals surface area contributed by atoms with Crippen molar-refractivity contribution in [3.05, 3.63) is 35.9 Å². The molecule has 0 spiro atoms. The minimum atomic E-state index is -0.485. The third kappa shape index (κ3) is 2.92. The number of hydroxylamine groups is 2. The highest BCUT2D eigenvalue weighted by Crippen LogP contribution is 2.01. The lowest BCUT2D eigenvalue weighted by atomic mass is 10.2. The van der Waals surface area contributed by atoms with E-state index in [2.05, 4.69) is 0 Å². The summed E-state index contributed by atoms with van der Waals surface area (Å²) in [6.45, 7) is 0.338. The van der Waals surface area contributed by atoms with Gasteiger partial charge in [0.2, 0.25) is 0 Å². The van der Waals surface area contributed by atoms with E-state index in [4.69, 9.17) is 11.3 Å². The van der Waals surface area contributed by atoms with Gasteiger partial charge in [-0.25, -0.2) is 5.06 Å². The summed E-state index contributed by atoms with van der Waals surface area (Å²) in [5.41, 5.74) is 0.990. The minimum Gasteiger partial charge on any atom is -0.266 e. The van der Waals surface area contributed by atoms with E-state index in [-0.39, 0.29) is 0 Å². The molecular formula is C11H11NO2. The lowest BCUT2D eigenvalue weighted by Gasteiger charge is -2.13. The molecule has 0 radical (unpaired) electrons. The quantitative estimate of drug-likeness (QED) is 0.528. The van der Waals surface area contributed by atoms with Gasteiger partial charge in [-0.15, -0.1) is 6.42 Å². The molecule has 0 N–H and O–H groups in total. The normalized spacial score (nSPS) is 9.14. The van der Waals surface area contributed by atoms with Gasteiger partial charge in [-0.1, -0.05) is 30.3 Å². The number of benzene rings is 1. The van der Waals surface area contributed by atoms with Crippen LogP contribution in [-0.2, 0) is 16.2 Å². The zero-order chi connectivity index (χ0) is 10.4. The van der Waals surface area contributed by atoms with Crippen LogP contribution in [0.3, 0.4) is 0 Å². The number of hydrogen-bond acceptors (Lipinski definition) is 2. The van der Waals surface area contributed by atoms with Gasteiger partial charge in [0.25, 0.3) is 0 Å². The van der Waals surface area contributed by atoms with Gasteiger partial charge in [0.05, 0.1) is 0 Å². The number of rotatable bonds is 3. The van der Waals surface area contributed by atoms with Gasteiger partial charge < -0.3 is 0 Å². The van der Waals surface area contributed by atoms with Gasteiger partial charge in [0.15, 0.2) is 0 Å². The van der Waals surface area contributed by atoms with Gasteiger partial charge in [-0.3, -0.25) is 9.63 Å². The molecule has 1 rings (SSSR count). The molecule has 0 aromatic heterocycles. The van der Waals surface area contributed by atoms with Gasteiger partial charge >= 0.3 is 5.91 Å². The maximum atomic E-state index is 10.9. The fourth-order valence-corrected chi connectivity index (χ4v) is 0.895. The topological polar surface area (TPSA) is 29.5 Å². The standard InChI is InChI=1S/C11H11NO2/c1-3-11(13)12(2)14-9-10-7-5-4-6-8-10/h1,4-8H,9H2,2H3. The second kappa shape index (κ2) is 5.05. The number of hydrogen-bond donors (Lipinski definition) is 0. The smallest absolute Gasteiger partial charge is 0.266 e. The van der Waals surface area contributed by atoms with Crippen molar-refractivity contribution < 1.29 is 9.63 Å². The van der Waals surface area contributed by atoms with Crippen molar-refractivity contribution in [2.45, 2.75) is 6.61 Å². The molecule has 0 aliphatic carbocycles. The predicted octanol–water partition coefficient (Wildman–Crippen LogP) is 1.21. The van der Waals surface area contributed by atoms with Crippen molar-refractivity contribution in [2.75, 3.05) is 7.05 Å². The van der Waals surface area contributed by atoms with Crippen molar-refractivity contribution >= 4 is 5.91 Å². The molecule has 0 aliphatic rings. The van der Waals surface area contributed by atoms with Crippen molar-refractivity contribution in [3.63, 3.8) is 0 Å². The Balaban J connectivity index is 2.43. The maximum Gasteiger partial charge on any atom is 0.321 e. The van der Waals surface area contributed by atoms with E-state index in [0.29, 0.717) is 6.61 Å². The molecule has 0 atom stereocenters. The molecule has 0 saturated carbocycles. The Kier molecular flexibility index (Phi) is 3.71. The summed E-state index contributed by atoms with van der Waals surface area (Å²) in [6.07, 6.45) is 4.92. The first-order chi connectivity index (χ1) is 6.74. The van der Waals surface area contributed by atoms with Crippen LogP contribution in [0.4, 0.5) is 0 Å². The van der Waals surface area contributed by atoms with Crippen LogP contribution in [0.25, 0.3) is 0 Å². The second-order valence-corrected chi connectivity index (χ2v) is 2.71. The molecule has 1 amide bonds. The number of amides is 1. The zero-order valence-electron chi connectivity index (χ0n) is 7.93. The van der Waals surface area contributed by atoms with Crippen LogP contribution in [0.15, 0.2) is 30.3 Å². The molecule has 14 heavy (non-hydrogen) atoms. The van der Waals surface area contributed by atoms with Crippen molar-refractivity contribution in [1.29, 1.82) is 0 Å². The third-order valence-electron chi connectivity index (χ3n) is 1.68. The van der Waals surface area contributed by atoms with Crippen LogP contribution in [0.2, 0.25) is 0 Å². The third-order valence-corrected chi connectivity index (χ3v) is 1.68. The molecule has 1 aromatic carbocycles. The van der Waals surface area contributed by atoms with Crippen molar-refractivity contribution in [2.24, 2.45) is 0 Å². The molecule has 72 valence electrons. The molecule has 0 unspecified atom stereocenters. The van der Waals surface area contributed by atoms with E-state index in [9.17, 15) is 4.79 Å². The SMILES string of the molecule is C#CC(=O)N(C)OCc1ccccc1. The van der Waals surface area contributed by atoms with Crippen LogP contribution >= 0.6 is 0 Å². The molecule has 3 nitrogen and oxygen atoms in total. The number of carbonyl (C=O) groups is 1. The molecule has 0 fully saturated rings. The summed E-state index contributed by atoms with van der Waals surface area (Å²) < 4.78 is 0. The summed E-state index contributed by atoms with van der Waals surface area (Å²) in [4.78, 5) is 16.0. The number of carbonyl (C=O) groups excluding carboxylic acids is 1. The van der Waals surface area contributed by atoms with E-state index in [1.54, 1.807) is 0 Å².